The van der Waals surface area contributed by atoms with E-state index in [9.17, 15) is 29.1 Å². The predicted octanol–water partition coefficient (Wildman–Crippen LogP) is 9.71. The van der Waals surface area contributed by atoms with Crippen LogP contribution in [0.25, 0.3) is 0 Å². The van der Waals surface area contributed by atoms with Gasteiger partial charge in [-0.05, 0) is 152 Å². The molecule has 0 bridgehead atoms. The fourth-order valence-corrected chi connectivity index (χ4v) is 15.5. The highest BCUT2D eigenvalue weighted by Gasteiger charge is 2.70. The van der Waals surface area contributed by atoms with Crippen LogP contribution in [0.5, 0.6) is 0 Å². The molecule has 5 fully saturated rings. The van der Waals surface area contributed by atoms with Crippen molar-refractivity contribution in [1.29, 1.82) is 0 Å². The number of aliphatic carboxylic acids is 1. The van der Waals surface area contributed by atoms with Crippen molar-refractivity contribution >= 4 is 41.1 Å². The van der Waals surface area contributed by atoms with E-state index in [1.54, 1.807) is 24.3 Å². The molecule has 5 saturated carbocycles. The van der Waals surface area contributed by atoms with Crippen molar-refractivity contribution < 1.29 is 33.8 Å². The van der Waals surface area contributed by atoms with Gasteiger partial charge in [-0.2, -0.15) is 0 Å². The molecule has 63 heavy (non-hydrogen) atoms. The lowest BCUT2D eigenvalue weighted by atomic mass is 9.33. The molecule has 0 aromatic heterocycles. The number of carbonyl (C=O) groups excluding carboxylic acids is 4. The number of hydrogen-bond donors (Lipinski definition) is 4. The Hall–Kier alpha value is -3.24. The number of allylic oxidation sites excluding steroid dienone is 2. The zero-order valence-corrected chi connectivity index (χ0v) is 40.3. The molecule has 0 aliphatic heterocycles. The van der Waals surface area contributed by atoms with E-state index in [0.717, 1.165) is 69.8 Å². The maximum atomic E-state index is 14.2. The highest BCUT2D eigenvalue weighted by molar-refractivity contribution is 6.30. The van der Waals surface area contributed by atoms with E-state index in [0.29, 0.717) is 54.8 Å². The summed E-state index contributed by atoms with van der Waals surface area (Å²) in [6.07, 6.45) is 10.7. The van der Waals surface area contributed by atoms with Gasteiger partial charge in [-0.3, -0.25) is 24.0 Å². The Balaban J connectivity index is 1.08. The molecule has 0 spiro atoms. The van der Waals surface area contributed by atoms with Gasteiger partial charge in [0.25, 0.3) is 5.91 Å². The molecule has 0 saturated heterocycles. The minimum Gasteiger partial charge on any atom is -0.481 e. The minimum atomic E-state index is -0.842. The average Bonchev–Trinajstić information content (AvgIpc) is 3.49. The Kier molecular flexibility index (Phi) is 13.0. The summed E-state index contributed by atoms with van der Waals surface area (Å²) in [7, 11) is 0. The van der Waals surface area contributed by atoms with Gasteiger partial charge in [0.15, 0.2) is 5.78 Å². The van der Waals surface area contributed by atoms with Crippen LogP contribution in [0.15, 0.2) is 35.4 Å². The first-order chi connectivity index (χ1) is 29.5. The number of nitrogens with one attached hydrogen (secondary N) is 2. The monoisotopic (exact) mass is 890 g/mol. The fraction of sp³-hybridized carbons (Fsp3) is 0.750. The first kappa shape index (κ1) is 47.7. The van der Waals surface area contributed by atoms with Gasteiger partial charge in [0.2, 0.25) is 5.91 Å². The van der Waals surface area contributed by atoms with Gasteiger partial charge in [-0.25, -0.2) is 0 Å². The molecular weight excluding hydrogens is 814 g/mol. The van der Waals surface area contributed by atoms with Crippen LogP contribution in [0.1, 0.15) is 163 Å². The van der Waals surface area contributed by atoms with E-state index in [1.807, 2.05) is 13.8 Å². The first-order valence-corrected chi connectivity index (χ1v) is 24.6. The van der Waals surface area contributed by atoms with Crippen LogP contribution in [0.3, 0.4) is 0 Å². The number of amides is 2. The highest BCUT2D eigenvalue weighted by atomic mass is 35.5. The largest absolute Gasteiger partial charge is 0.481 e. The summed E-state index contributed by atoms with van der Waals surface area (Å²) in [5, 5.41) is 16.6. The zero-order chi connectivity index (χ0) is 46.1. The van der Waals surface area contributed by atoms with Crippen LogP contribution in [0.2, 0.25) is 5.02 Å². The Bertz CT molecular complexity index is 2010. The lowest BCUT2D eigenvalue weighted by Crippen LogP contribution is -2.66. The Morgan fingerprint density at radius 2 is 1.56 bits per heavy atom. The van der Waals surface area contributed by atoms with Crippen LogP contribution in [-0.4, -0.2) is 59.9 Å². The van der Waals surface area contributed by atoms with Crippen LogP contribution >= 0.6 is 11.6 Å². The van der Waals surface area contributed by atoms with Gasteiger partial charge < -0.3 is 26.2 Å². The number of nitrogens with two attached hydrogens (primary N) is 1. The van der Waals surface area contributed by atoms with E-state index >= 15 is 0 Å². The number of ketones is 1. The van der Waals surface area contributed by atoms with E-state index in [4.69, 9.17) is 22.1 Å². The summed E-state index contributed by atoms with van der Waals surface area (Å²) in [4.78, 5) is 67.2. The lowest BCUT2D eigenvalue weighted by molar-refractivity contribution is -0.236. The molecule has 348 valence electrons. The molecule has 11 heteroatoms. The molecule has 5 N–H and O–H groups in total. The lowest BCUT2D eigenvalue weighted by Gasteiger charge is -2.72. The summed E-state index contributed by atoms with van der Waals surface area (Å²) in [5.41, 5.74) is 7.15. The maximum Gasteiger partial charge on any atom is 0.309 e. The first-order valence-electron chi connectivity index (χ1n) is 24.2. The summed E-state index contributed by atoms with van der Waals surface area (Å²) in [6, 6.07) is 6.51. The van der Waals surface area contributed by atoms with Gasteiger partial charge in [0.1, 0.15) is 6.10 Å². The summed E-state index contributed by atoms with van der Waals surface area (Å²) >= 11 is 6.07. The van der Waals surface area contributed by atoms with Crippen molar-refractivity contribution in [3.8, 4) is 0 Å². The number of halogens is 1. The van der Waals surface area contributed by atoms with E-state index in [1.165, 1.54) is 5.57 Å². The topological polar surface area (TPSA) is 165 Å². The van der Waals surface area contributed by atoms with E-state index in [2.05, 4.69) is 59.1 Å². The molecule has 1 aromatic rings. The van der Waals surface area contributed by atoms with E-state index in [-0.39, 0.29) is 75.6 Å². The van der Waals surface area contributed by atoms with Crippen LogP contribution in [0, 0.1) is 68.0 Å². The SMILES string of the molecule is CC(C)C1=C2[C@H]3CC[C@@H]4[C@@]5(C)CC[C@H](OC(=O)[C@H]6C[C@@H](C(=O)O)C6(C)C)C(C)(C)[C@@H]5CC[C@@]4(C)[C@]3(C)CC[C@@]2(CC(=O)NCC(CCCCN)NC(=O)c2ccc(Cl)cc2)CC1=O. The third-order valence-electron chi connectivity index (χ3n) is 19.1. The Morgan fingerprint density at radius 3 is 2.19 bits per heavy atom. The second-order valence-corrected chi connectivity index (χ2v) is 23.6. The standard InChI is InChI=1S/C52H76ClN3O7/c1-30(2)42-37(57)27-52(28-41(58)55-29-33(12-10-11-25-54)56-44(59)31-13-15-32(53)16-14-31)24-23-50(8)34(43(42)52)17-18-39-49(7)21-20-40(48(5,6)38(49)19-22-51(39,50)9)63-46(62)36-26-35(45(60)61)47(36,3)4/h13-16,30,33-36,38-40H,10-12,17-29,54H2,1-9H3,(H,55,58)(H,56,59)(H,60,61)/t33?,34-,35+,36-,38+,39-,40+,49+,50-,51-,52+/m1/s1. The van der Waals surface area contributed by atoms with Crippen LogP contribution in [0.4, 0.5) is 0 Å². The molecule has 2 amide bonds. The van der Waals surface area contributed by atoms with Crippen molar-refractivity contribution in [3.63, 3.8) is 0 Å². The Morgan fingerprint density at radius 1 is 0.857 bits per heavy atom. The quantitative estimate of drug-likeness (QED) is 0.106. The normalized spacial score (nSPS) is 36.8. The highest BCUT2D eigenvalue weighted by Crippen LogP contribution is 2.77. The second-order valence-electron chi connectivity index (χ2n) is 23.2. The number of rotatable bonds is 14. The number of carbonyl (C=O) groups is 5. The van der Waals surface area contributed by atoms with Crippen LogP contribution < -0.4 is 16.4 Å². The van der Waals surface area contributed by atoms with Gasteiger partial charge in [0, 0.05) is 46.8 Å². The number of ether oxygens (including phenoxy) is 1. The average molecular weight is 891 g/mol. The number of Topliss-reactive ketones (excluding diaryl/α,β-unsaturated/α-hetero) is 1. The number of esters is 1. The Labute approximate surface area is 381 Å². The molecule has 1 aromatic carbocycles. The second kappa shape index (κ2) is 17.2. The maximum absolute atomic E-state index is 14.2. The van der Waals surface area contributed by atoms with Crippen molar-refractivity contribution in [2.75, 3.05) is 13.1 Å². The summed E-state index contributed by atoms with van der Waals surface area (Å²) in [6.45, 7) is 21.1. The van der Waals surface area contributed by atoms with Crippen molar-refractivity contribution in [1.82, 2.24) is 10.6 Å². The molecule has 1 unspecified atom stereocenters. The molecule has 11 atom stereocenters. The van der Waals surface area contributed by atoms with Gasteiger partial charge in [-0.1, -0.05) is 85.9 Å². The summed E-state index contributed by atoms with van der Waals surface area (Å²) in [5.74, 6) is -1.02. The zero-order valence-electron chi connectivity index (χ0n) is 39.6. The van der Waals surface area contributed by atoms with Gasteiger partial charge in [-0.15, -0.1) is 0 Å². The van der Waals surface area contributed by atoms with Crippen molar-refractivity contribution in [3.05, 3.63) is 46.0 Å². The molecule has 0 heterocycles. The molecule has 10 nitrogen and oxygen atoms in total. The number of hydrogen-bond acceptors (Lipinski definition) is 7. The fourth-order valence-electron chi connectivity index (χ4n) is 15.3. The van der Waals surface area contributed by atoms with Crippen molar-refractivity contribution in [2.24, 2.45) is 73.7 Å². The number of benzene rings is 1. The molecular formula is C52H76ClN3O7. The number of carboxylic acids is 1. The number of unbranched alkanes of at least 4 members (excludes halogenated alkanes) is 1. The van der Waals surface area contributed by atoms with Gasteiger partial charge >= 0.3 is 11.9 Å². The smallest absolute Gasteiger partial charge is 0.309 e. The molecule has 7 rings (SSSR count). The number of fused-ring (bicyclic) bond motifs is 7. The molecule has 6 aliphatic rings. The third-order valence-corrected chi connectivity index (χ3v) is 19.4. The number of carboxylic acid groups (broad SMARTS) is 1. The predicted molar refractivity (Wildman–Crippen MR) is 246 cm³/mol. The molecule has 6 aliphatic carbocycles. The third kappa shape index (κ3) is 8.01. The van der Waals surface area contributed by atoms with Crippen molar-refractivity contribution in [2.45, 2.75) is 164 Å². The minimum absolute atomic E-state index is 0.0107. The van der Waals surface area contributed by atoms with Crippen LogP contribution in [-0.2, 0) is 23.9 Å². The summed E-state index contributed by atoms with van der Waals surface area (Å²) < 4.78 is 6.43. The van der Waals surface area contributed by atoms with E-state index < -0.39 is 28.6 Å². The molecule has 0 radical (unpaired) electrons. The van der Waals surface area contributed by atoms with Gasteiger partial charge in [0.05, 0.1) is 11.8 Å².